The number of esters is 1. The monoisotopic (exact) mass is 476 g/mol. The number of sulfonamides is 1. The molecule has 2 aromatic carbocycles. The van der Waals surface area contributed by atoms with Gasteiger partial charge in [0.25, 0.3) is 0 Å². The van der Waals surface area contributed by atoms with Gasteiger partial charge in [-0.25, -0.2) is 13.2 Å². The van der Waals surface area contributed by atoms with Crippen LogP contribution in [0.5, 0.6) is 11.5 Å². The number of hydrogen-bond donors (Lipinski definition) is 1. The summed E-state index contributed by atoms with van der Waals surface area (Å²) in [6, 6.07) is 13.0. The molecule has 0 saturated carbocycles. The predicted molar refractivity (Wildman–Crippen MR) is 124 cm³/mol. The summed E-state index contributed by atoms with van der Waals surface area (Å²) in [6.07, 6.45) is 0.740. The second-order valence-corrected chi connectivity index (χ2v) is 9.97. The first-order valence-corrected chi connectivity index (χ1v) is 12.0. The standard InChI is InChI=1S/C23H28N2O7S/c1-4-31-21(26)16-32-20-10-6-17(7-11-20)24-22(27)23(2)14-5-15-25(33(23,28)29)18-8-12-19(30-3)13-9-18/h6-13H,4-5,14-16H2,1-3H3,(H,24,27). The van der Waals surface area contributed by atoms with Crippen molar-refractivity contribution in [1.29, 1.82) is 0 Å². The highest BCUT2D eigenvalue weighted by atomic mass is 32.2. The highest BCUT2D eigenvalue weighted by molar-refractivity contribution is 7.95. The summed E-state index contributed by atoms with van der Waals surface area (Å²) in [5.41, 5.74) is 0.902. The first kappa shape index (κ1) is 24.4. The van der Waals surface area contributed by atoms with Crippen LogP contribution in [0, 0.1) is 0 Å². The number of amides is 1. The predicted octanol–water partition coefficient (Wildman–Crippen LogP) is 2.96. The van der Waals surface area contributed by atoms with E-state index in [0.29, 0.717) is 35.8 Å². The Morgan fingerprint density at radius 2 is 1.70 bits per heavy atom. The molecule has 1 unspecified atom stereocenters. The van der Waals surface area contributed by atoms with Gasteiger partial charge in [0, 0.05) is 12.2 Å². The van der Waals surface area contributed by atoms with Crippen molar-refractivity contribution in [3.63, 3.8) is 0 Å². The molecule has 1 aliphatic rings. The van der Waals surface area contributed by atoms with E-state index < -0.39 is 26.6 Å². The zero-order valence-electron chi connectivity index (χ0n) is 18.9. The van der Waals surface area contributed by atoms with Crippen LogP contribution in [0.1, 0.15) is 26.7 Å². The number of nitrogens with zero attached hydrogens (tertiary/aromatic N) is 1. The smallest absolute Gasteiger partial charge is 0.344 e. The van der Waals surface area contributed by atoms with Crippen molar-refractivity contribution in [2.75, 3.05) is 36.5 Å². The van der Waals surface area contributed by atoms with E-state index in [2.05, 4.69) is 5.32 Å². The molecule has 178 valence electrons. The second kappa shape index (κ2) is 10.1. The van der Waals surface area contributed by atoms with Crippen molar-refractivity contribution in [2.45, 2.75) is 31.4 Å². The molecule has 3 rings (SSSR count). The van der Waals surface area contributed by atoms with Crippen molar-refractivity contribution in [2.24, 2.45) is 0 Å². The average Bonchev–Trinajstić information content (AvgIpc) is 2.80. The number of carbonyl (C=O) groups is 2. The average molecular weight is 477 g/mol. The van der Waals surface area contributed by atoms with E-state index in [1.165, 1.54) is 18.3 Å². The number of ether oxygens (including phenoxy) is 3. The second-order valence-electron chi connectivity index (χ2n) is 7.68. The van der Waals surface area contributed by atoms with Crippen LogP contribution in [0.4, 0.5) is 11.4 Å². The Hall–Kier alpha value is -3.27. The van der Waals surface area contributed by atoms with Crippen LogP contribution in [-0.4, -0.2) is 51.9 Å². The molecule has 1 fully saturated rings. The van der Waals surface area contributed by atoms with Gasteiger partial charge in [-0.1, -0.05) is 0 Å². The summed E-state index contributed by atoms with van der Waals surface area (Å²) in [6.45, 7) is 3.49. The van der Waals surface area contributed by atoms with Gasteiger partial charge in [-0.15, -0.1) is 0 Å². The highest BCUT2D eigenvalue weighted by Gasteiger charge is 2.52. The molecular formula is C23H28N2O7S. The maximum absolute atomic E-state index is 13.4. The Kier molecular flexibility index (Phi) is 7.47. The molecule has 1 N–H and O–H groups in total. The quantitative estimate of drug-likeness (QED) is 0.583. The van der Waals surface area contributed by atoms with Crippen LogP contribution in [-0.2, 0) is 24.3 Å². The van der Waals surface area contributed by atoms with E-state index >= 15 is 0 Å². The minimum atomic E-state index is -3.98. The molecule has 1 heterocycles. The van der Waals surface area contributed by atoms with Crippen molar-refractivity contribution in [3.05, 3.63) is 48.5 Å². The molecule has 1 saturated heterocycles. The summed E-state index contributed by atoms with van der Waals surface area (Å²) in [4.78, 5) is 24.5. The minimum absolute atomic E-state index is 0.203. The molecule has 0 aliphatic carbocycles. The number of hydrogen-bond acceptors (Lipinski definition) is 7. The number of nitrogens with one attached hydrogen (secondary N) is 1. The van der Waals surface area contributed by atoms with Crippen LogP contribution < -0.4 is 19.1 Å². The van der Waals surface area contributed by atoms with Gasteiger partial charge >= 0.3 is 5.97 Å². The van der Waals surface area contributed by atoms with Crippen molar-refractivity contribution < 1.29 is 32.2 Å². The number of benzene rings is 2. The number of rotatable bonds is 8. The van der Waals surface area contributed by atoms with E-state index in [-0.39, 0.29) is 19.6 Å². The largest absolute Gasteiger partial charge is 0.497 e. The maximum atomic E-state index is 13.4. The molecule has 2 aromatic rings. The third-order valence-corrected chi connectivity index (χ3v) is 7.99. The molecule has 1 amide bonds. The molecule has 0 aromatic heterocycles. The van der Waals surface area contributed by atoms with Crippen LogP contribution in [0.2, 0.25) is 0 Å². The Morgan fingerprint density at radius 1 is 1.06 bits per heavy atom. The molecule has 10 heteroatoms. The summed E-state index contributed by atoms with van der Waals surface area (Å²) in [7, 11) is -2.45. The van der Waals surface area contributed by atoms with Crippen molar-refractivity contribution in [1.82, 2.24) is 0 Å². The Balaban J connectivity index is 1.72. The lowest BCUT2D eigenvalue weighted by Gasteiger charge is -2.39. The first-order chi connectivity index (χ1) is 15.7. The first-order valence-electron chi connectivity index (χ1n) is 10.6. The van der Waals surface area contributed by atoms with Gasteiger partial charge in [0.2, 0.25) is 15.9 Å². The lowest BCUT2D eigenvalue weighted by atomic mass is 10.0. The number of anilines is 2. The summed E-state index contributed by atoms with van der Waals surface area (Å²) < 4.78 is 41.8. The summed E-state index contributed by atoms with van der Waals surface area (Å²) in [5.74, 6) is -0.0563. The van der Waals surface area contributed by atoms with Gasteiger partial charge in [0.05, 0.1) is 19.4 Å². The fourth-order valence-electron chi connectivity index (χ4n) is 3.54. The normalized spacial score (nSPS) is 19.4. The fourth-order valence-corrected chi connectivity index (χ4v) is 5.48. The summed E-state index contributed by atoms with van der Waals surface area (Å²) >= 11 is 0. The Bertz CT molecular complexity index is 1080. The fraction of sp³-hybridized carbons (Fsp3) is 0.391. The molecular weight excluding hydrogens is 448 g/mol. The van der Waals surface area contributed by atoms with Crippen molar-refractivity contribution in [3.8, 4) is 11.5 Å². The van der Waals surface area contributed by atoms with E-state index in [4.69, 9.17) is 14.2 Å². The number of carbonyl (C=O) groups excluding carboxylic acids is 2. The third kappa shape index (κ3) is 5.22. The molecule has 0 radical (unpaired) electrons. The third-order valence-electron chi connectivity index (χ3n) is 5.49. The van der Waals surface area contributed by atoms with Crippen LogP contribution in [0.15, 0.2) is 48.5 Å². The minimum Gasteiger partial charge on any atom is -0.497 e. The van der Waals surface area contributed by atoms with Crippen molar-refractivity contribution >= 4 is 33.3 Å². The van der Waals surface area contributed by atoms with Gasteiger partial charge in [-0.05, 0) is 75.2 Å². The lowest BCUT2D eigenvalue weighted by molar-refractivity contribution is -0.145. The van der Waals surface area contributed by atoms with E-state index in [1.54, 1.807) is 55.5 Å². The van der Waals surface area contributed by atoms with Crippen LogP contribution in [0.25, 0.3) is 0 Å². The molecule has 33 heavy (non-hydrogen) atoms. The maximum Gasteiger partial charge on any atom is 0.344 e. The molecule has 1 aliphatic heterocycles. The zero-order chi connectivity index (χ0) is 24.1. The van der Waals surface area contributed by atoms with Gasteiger partial charge in [-0.2, -0.15) is 0 Å². The van der Waals surface area contributed by atoms with E-state index in [1.807, 2.05) is 0 Å². The van der Waals surface area contributed by atoms with Crippen LogP contribution >= 0.6 is 0 Å². The Morgan fingerprint density at radius 3 is 2.30 bits per heavy atom. The highest BCUT2D eigenvalue weighted by Crippen LogP contribution is 2.36. The van der Waals surface area contributed by atoms with Gasteiger partial charge in [-0.3, -0.25) is 9.10 Å². The Labute approximate surface area is 193 Å². The lowest BCUT2D eigenvalue weighted by Crippen LogP contribution is -2.57. The molecule has 0 bridgehead atoms. The molecule has 9 nitrogen and oxygen atoms in total. The van der Waals surface area contributed by atoms with Gasteiger partial charge < -0.3 is 19.5 Å². The zero-order valence-corrected chi connectivity index (χ0v) is 19.7. The van der Waals surface area contributed by atoms with Crippen LogP contribution in [0.3, 0.4) is 0 Å². The topological polar surface area (TPSA) is 111 Å². The van der Waals surface area contributed by atoms with Gasteiger partial charge in [0.1, 0.15) is 11.5 Å². The SMILES string of the molecule is CCOC(=O)COc1ccc(NC(=O)C2(C)CCCN(c3ccc(OC)cc3)S2(=O)=O)cc1. The summed E-state index contributed by atoms with van der Waals surface area (Å²) in [5, 5.41) is 2.70. The molecule has 0 spiro atoms. The van der Waals surface area contributed by atoms with E-state index in [0.717, 1.165) is 0 Å². The number of methoxy groups -OCH3 is 1. The van der Waals surface area contributed by atoms with Gasteiger partial charge in [0.15, 0.2) is 11.4 Å². The molecule has 1 atom stereocenters. The van der Waals surface area contributed by atoms with E-state index in [9.17, 15) is 18.0 Å².